The lowest BCUT2D eigenvalue weighted by Crippen LogP contribution is -2.43. The molecule has 2 heterocycles. The van der Waals surface area contributed by atoms with Crippen molar-refractivity contribution in [3.63, 3.8) is 0 Å². The smallest absolute Gasteiger partial charge is 0.325 e. The van der Waals surface area contributed by atoms with Crippen LogP contribution in [0.5, 0.6) is 0 Å². The number of nitrogens with zero attached hydrogens (tertiary/aromatic N) is 1. The van der Waals surface area contributed by atoms with Gasteiger partial charge in [-0.25, -0.2) is 4.79 Å². The maximum absolute atomic E-state index is 12.8. The highest BCUT2D eigenvalue weighted by molar-refractivity contribution is 6.08. The molecule has 1 saturated heterocycles. The number of benzene rings is 2. The van der Waals surface area contributed by atoms with Gasteiger partial charge in [-0.2, -0.15) is 0 Å². The van der Waals surface area contributed by atoms with Gasteiger partial charge in [-0.05, 0) is 48.4 Å². The lowest BCUT2D eigenvalue weighted by Gasteiger charge is -2.20. The Morgan fingerprint density at radius 3 is 2.62 bits per heavy atom. The van der Waals surface area contributed by atoms with Gasteiger partial charge in [-0.3, -0.25) is 14.5 Å². The average Bonchev–Trinajstić information content (AvgIpc) is 3.32. The van der Waals surface area contributed by atoms with Gasteiger partial charge in [0.05, 0.1) is 12.3 Å². The predicted octanol–water partition coefficient (Wildman–Crippen LogP) is 3.08. The molecule has 1 aromatic heterocycles. The molecular weight excluding hydrogens is 370 g/mol. The number of rotatable bonds is 5. The highest BCUT2D eigenvalue weighted by Gasteiger charge is 2.51. The minimum atomic E-state index is -1.31. The van der Waals surface area contributed by atoms with Crippen LogP contribution in [0.25, 0.3) is 10.8 Å². The fraction of sp³-hybridized carbons (Fsp3) is 0.227. The third-order valence-electron chi connectivity index (χ3n) is 5.24. The van der Waals surface area contributed by atoms with Crippen LogP contribution in [0.1, 0.15) is 31.2 Å². The Bertz CT molecular complexity index is 1090. The molecule has 0 bridgehead atoms. The summed E-state index contributed by atoms with van der Waals surface area (Å²) < 4.78 is 5.29. The number of hydrogen-bond acceptors (Lipinski definition) is 4. The molecule has 0 saturated carbocycles. The van der Waals surface area contributed by atoms with Crippen molar-refractivity contribution in [2.24, 2.45) is 0 Å². The van der Waals surface area contributed by atoms with Gasteiger partial charge in [0, 0.05) is 0 Å². The maximum atomic E-state index is 12.8. The molecule has 4 rings (SSSR count). The molecule has 7 nitrogen and oxygen atoms in total. The zero-order valence-electron chi connectivity index (χ0n) is 16.1. The lowest BCUT2D eigenvalue weighted by molar-refractivity contribution is -0.135. The first kappa shape index (κ1) is 18.7. The first-order valence-electron chi connectivity index (χ1n) is 9.34. The second-order valence-electron chi connectivity index (χ2n) is 7.32. The van der Waals surface area contributed by atoms with Gasteiger partial charge in [-0.1, -0.05) is 36.4 Å². The number of furan rings is 1. The molecule has 29 heavy (non-hydrogen) atoms. The first-order valence-corrected chi connectivity index (χ1v) is 9.34. The van der Waals surface area contributed by atoms with Crippen molar-refractivity contribution in [1.82, 2.24) is 15.5 Å². The Hall–Kier alpha value is -3.61. The molecule has 2 aromatic carbocycles. The number of carbonyl (C=O) groups is 3. The van der Waals surface area contributed by atoms with Crippen LogP contribution < -0.4 is 10.6 Å². The summed E-state index contributed by atoms with van der Waals surface area (Å²) in [6.45, 7) is 3.06. The van der Waals surface area contributed by atoms with Crippen molar-refractivity contribution in [3.8, 4) is 0 Å². The van der Waals surface area contributed by atoms with Crippen LogP contribution in [0.4, 0.5) is 4.79 Å². The molecule has 1 aliphatic heterocycles. The zero-order valence-corrected chi connectivity index (χ0v) is 16.1. The molecule has 1 aliphatic rings. The minimum absolute atomic E-state index is 0.274. The number of amides is 4. The second kappa shape index (κ2) is 7.09. The van der Waals surface area contributed by atoms with Crippen LogP contribution in [-0.4, -0.2) is 29.3 Å². The molecule has 2 N–H and O–H groups in total. The Kier molecular flexibility index (Phi) is 4.58. The highest BCUT2D eigenvalue weighted by Crippen LogP contribution is 2.29. The van der Waals surface area contributed by atoms with Crippen LogP contribution in [0.3, 0.4) is 0 Å². The number of nitrogens with one attached hydrogen (secondary N) is 2. The van der Waals surface area contributed by atoms with E-state index in [2.05, 4.69) is 10.6 Å². The number of carbonyl (C=O) groups excluding carboxylic acids is 3. The van der Waals surface area contributed by atoms with E-state index in [0.717, 1.165) is 21.2 Å². The van der Waals surface area contributed by atoms with Gasteiger partial charge in [-0.15, -0.1) is 0 Å². The standard InChI is InChI=1S/C22H21N3O4/c1-14(16-10-9-15-6-3-4-7-17(15)12-16)23-19(26)13-25-20(27)22(2,24-21(25)28)18-8-5-11-29-18/h3-12,14H,13H2,1-2H3,(H,23,26)(H,24,28). The molecule has 0 aliphatic carbocycles. The molecule has 0 radical (unpaired) electrons. The summed E-state index contributed by atoms with van der Waals surface area (Å²) in [5.74, 6) is -0.618. The van der Waals surface area contributed by atoms with Crippen LogP contribution in [0.2, 0.25) is 0 Å². The molecule has 7 heteroatoms. The van der Waals surface area contributed by atoms with Gasteiger partial charge >= 0.3 is 6.03 Å². The summed E-state index contributed by atoms with van der Waals surface area (Å²) in [4.78, 5) is 38.5. The van der Waals surface area contributed by atoms with Gasteiger partial charge in [0.15, 0.2) is 5.54 Å². The third kappa shape index (κ3) is 3.35. The van der Waals surface area contributed by atoms with Crippen LogP contribution >= 0.6 is 0 Å². The summed E-state index contributed by atoms with van der Waals surface area (Å²) in [6, 6.07) is 16.3. The molecule has 4 amide bonds. The van der Waals surface area contributed by atoms with E-state index in [0.29, 0.717) is 5.76 Å². The van der Waals surface area contributed by atoms with E-state index in [-0.39, 0.29) is 12.6 Å². The van der Waals surface area contributed by atoms with E-state index < -0.39 is 23.4 Å². The Morgan fingerprint density at radius 1 is 1.14 bits per heavy atom. The summed E-state index contributed by atoms with van der Waals surface area (Å²) in [6.07, 6.45) is 1.43. The summed E-state index contributed by atoms with van der Waals surface area (Å²) in [5, 5.41) is 7.66. The SMILES string of the molecule is CC(NC(=O)CN1C(=O)NC(C)(c2ccco2)C1=O)c1ccc2ccccc2c1. The van der Waals surface area contributed by atoms with Crippen molar-refractivity contribution < 1.29 is 18.8 Å². The molecule has 3 aromatic rings. The number of hydrogen-bond donors (Lipinski definition) is 2. The zero-order chi connectivity index (χ0) is 20.6. The van der Waals surface area contributed by atoms with E-state index in [1.807, 2.05) is 49.4 Å². The maximum Gasteiger partial charge on any atom is 0.325 e. The topological polar surface area (TPSA) is 91.7 Å². The Labute approximate surface area is 167 Å². The molecule has 148 valence electrons. The minimum Gasteiger partial charge on any atom is -0.466 e. The predicted molar refractivity (Wildman–Crippen MR) is 107 cm³/mol. The van der Waals surface area contributed by atoms with Gasteiger partial charge in [0.1, 0.15) is 12.3 Å². The molecule has 2 unspecified atom stereocenters. The van der Waals surface area contributed by atoms with Crippen molar-refractivity contribution in [3.05, 3.63) is 72.2 Å². The van der Waals surface area contributed by atoms with E-state index >= 15 is 0 Å². The molecule has 0 spiro atoms. The summed E-state index contributed by atoms with van der Waals surface area (Å²) in [7, 11) is 0. The summed E-state index contributed by atoms with van der Waals surface area (Å²) >= 11 is 0. The van der Waals surface area contributed by atoms with Crippen molar-refractivity contribution in [1.29, 1.82) is 0 Å². The van der Waals surface area contributed by atoms with Gasteiger partial charge < -0.3 is 15.1 Å². The van der Waals surface area contributed by atoms with Crippen LogP contribution in [-0.2, 0) is 15.1 Å². The molecule has 1 fully saturated rings. The van der Waals surface area contributed by atoms with E-state index in [1.165, 1.54) is 6.26 Å². The third-order valence-corrected chi connectivity index (χ3v) is 5.24. The van der Waals surface area contributed by atoms with Crippen molar-refractivity contribution in [2.75, 3.05) is 6.54 Å². The van der Waals surface area contributed by atoms with Crippen LogP contribution in [0, 0.1) is 0 Å². The largest absolute Gasteiger partial charge is 0.466 e. The van der Waals surface area contributed by atoms with E-state index in [4.69, 9.17) is 4.42 Å². The summed E-state index contributed by atoms with van der Waals surface area (Å²) in [5.41, 5.74) is -0.375. The van der Waals surface area contributed by atoms with Gasteiger partial charge in [0.25, 0.3) is 5.91 Å². The number of fused-ring (bicyclic) bond motifs is 1. The quantitative estimate of drug-likeness (QED) is 0.654. The first-order chi connectivity index (χ1) is 13.9. The van der Waals surface area contributed by atoms with Gasteiger partial charge in [0.2, 0.25) is 5.91 Å². The lowest BCUT2D eigenvalue weighted by atomic mass is 9.99. The van der Waals surface area contributed by atoms with Crippen molar-refractivity contribution in [2.45, 2.75) is 25.4 Å². The normalized spacial score (nSPS) is 20.0. The fourth-order valence-electron chi connectivity index (χ4n) is 3.56. The fourth-order valence-corrected chi connectivity index (χ4v) is 3.56. The number of urea groups is 1. The highest BCUT2D eigenvalue weighted by atomic mass is 16.3. The Morgan fingerprint density at radius 2 is 1.90 bits per heavy atom. The van der Waals surface area contributed by atoms with E-state index in [9.17, 15) is 14.4 Å². The molecule has 2 atom stereocenters. The second-order valence-corrected chi connectivity index (χ2v) is 7.32. The molecular formula is C22H21N3O4. The number of imide groups is 1. The Balaban J connectivity index is 1.45. The van der Waals surface area contributed by atoms with Crippen LogP contribution in [0.15, 0.2) is 65.3 Å². The van der Waals surface area contributed by atoms with E-state index in [1.54, 1.807) is 19.1 Å². The monoisotopic (exact) mass is 391 g/mol. The average molecular weight is 391 g/mol. The van der Waals surface area contributed by atoms with Crippen molar-refractivity contribution >= 4 is 28.6 Å².